The Morgan fingerprint density at radius 3 is 2.94 bits per heavy atom. The first kappa shape index (κ1) is 11.6. The van der Waals surface area contributed by atoms with Crippen molar-refractivity contribution in [2.75, 3.05) is 5.73 Å². The number of rotatable bonds is 2. The van der Waals surface area contributed by atoms with E-state index >= 15 is 0 Å². The lowest BCUT2D eigenvalue weighted by molar-refractivity contribution is 0.431. The molecule has 2 aromatic rings. The lowest BCUT2D eigenvalue weighted by atomic mass is 10.3. The normalized spacial score (nSPS) is 15.8. The number of thiophene rings is 1. The Morgan fingerprint density at radius 2 is 2.22 bits per heavy atom. The van der Waals surface area contributed by atoms with Crippen molar-refractivity contribution in [3.05, 3.63) is 35.0 Å². The van der Waals surface area contributed by atoms with Gasteiger partial charge in [-0.3, -0.25) is 0 Å². The molecule has 18 heavy (non-hydrogen) atoms. The maximum absolute atomic E-state index is 12.3. The summed E-state index contributed by atoms with van der Waals surface area (Å²) in [6.45, 7) is 0.554. The minimum Gasteiger partial charge on any atom is -0.368 e. The van der Waals surface area contributed by atoms with Gasteiger partial charge in [-0.25, -0.2) is 18.4 Å². The van der Waals surface area contributed by atoms with Crippen molar-refractivity contribution in [3.8, 4) is 0 Å². The molecule has 3 heterocycles. The average molecular weight is 282 g/mol. The van der Waals surface area contributed by atoms with Gasteiger partial charge in [0.15, 0.2) is 0 Å². The maximum Gasteiger partial charge on any atom is 0.253 e. The number of fused-ring (bicyclic) bond motifs is 1. The first-order chi connectivity index (χ1) is 8.57. The van der Waals surface area contributed by atoms with Crippen LogP contribution in [0.1, 0.15) is 11.3 Å². The molecule has 2 N–H and O–H groups in total. The molecule has 2 aromatic heterocycles. The van der Waals surface area contributed by atoms with Crippen molar-refractivity contribution in [1.82, 2.24) is 14.3 Å². The van der Waals surface area contributed by atoms with Gasteiger partial charge >= 0.3 is 0 Å². The van der Waals surface area contributed by atoms with Crippen molar-refractivity contribution in [2.24, 2.45) is 0 Å². The van der Waals surface area contributed by atoms with Crippen molar-refractivity contribution < 1.29 is 8.42 Å². The van der Waals surface area contributed by atoms with Gasteiger partial charge in [-0.15, -0.1) is 11.3 Å². The second kappa shape index (κ2) is 4.01. The summed E-state index contributed by atoms with van der Waals surface area (Å²) in [5.41, 5.74) is 6.98. The quantitative estimate of drug-likeness (QED) is 0.881. The number of hydrogen-bond acceptors (Lipinski definition) is 6. The fraction of sp³-hybridized carbons (Fsp3) is 0.200. The lowest BCUT2D eigenvalue weighted by Crippen LogP contribution is -2.24. The summed E-state index contributed by atoms with van der Waals surface area (Å²) in [7, 11) is -3.43. The molecule has 0 aliphatic carbocycles. The maximum atomic E-state index is 12.3. The topological polar surface area (TPSA) is 89.2 Å². The standard InChI is InChI=1S/C10H10N4O2S2/c11-10-12-4-7-5-14(6-8(7)13-10)18(15,16)9-2-1-3-17-9/h1-4H,5-6H2,(H2,11,12,13). The zero-order valence-electron chi connectivity index (χ0n) is 9.28. The molecule has 6 nitrogen and oxygen atoms in total. The van der Waals surface area contributed by atoms with Gasteiger partial charge in [0.1, 0.15) is 4.21 Å². The smallest absolute Gasteiger partial charge is 0.253 e. The molecular weight excluding hydrogens is 272 g/mol. The Kier molecular flexibility index (Phi) is 2.58. The molecule has 0 bridgehead atoms. The average Bonchev–Trinajstić information content (AvgIpc) is 2.97. The number of sulfonamides is 1. The molecular formula is C10H10N4O2S2. The number of aromatic nitrogens is 2. The van der Waals surface area contributed by atoms with Gasteiger partial charge in [0, 0.05) is 18.3 Å². The largest absolute Gasteiger partial charge is 0.368 e. The van der Waals surface area contributed by atoms with E-state index in [0.29, 0.717) is 16.4 Å². The number of nitrogens with zero attached hydrogens (tertiary/aromatic N) is 3. The van der Waals surface area contributed by atoms with E-state index in [2.05, 4.69) is 9.97 Å². The van der Waals surface area contributed by atoms with Gasteiger partial charge in [0.2, 0.25) is 5.95 Å². The van der Waals surface area contributed by atoms with E-state index in [1.165, 1.54) is 15.6 Å². The van der Waals surface area contributed by atoms with Crippen LogP contribution in [0.15, 0.2) is 27.9 Å². The summed E-state index contributed by atoms with van der Waals surface area (Å²) in [6.07, 6.45) is 1.58. The monoisotopic (exact) mass is 282 g/mol. The van der Waals surface area contributed by atoms with E-state index in [0.717, 1.165) is 5.56 Å². The molecule has 0 aromatic carbocycles. The van der Waals surface area contributed by atoms with E-state index in [1.807, 2.05) is 0 Å². The van der Waals surface area contributed by atoms with E-state index in [1.54, 1.807) is 23.7 Å². The Morgan fingerprint density at radius 1 is 1.39 bits per heavy atom. The van der Waals surface area contributed by atoms with Gasteiger partial charge < -0.3 is 5.73 Å². The highest BCUT2D eigenvalue weighted by Gasteiger charge is 2.32. The molecule has 94 valence electrons. The van der Waals surface area contributed by atoms with Gasteiger partial charge in [0.25, 0.3) is 10.0 Å². The SMILES string of the molecule is Nc1ncc2c(n1)CN(S(=O)(=O)c1cccs1)C2. The summed E-state index contributed by atoms with van der Waals surface area (Å²) < 4.78 is 26.3. The van der Waals surface area contributed by atoms with Gasteiger partial charge in [-0.05, 0) is 11.4 Å². The third-order valence-electron chi connectivity index (χ3n) is 2.73. The fourth-order valence-corrected chi connectivity index (χ4v) is 4.37. The van der Waals surface area contributed by atoms with Crippen LogP contribution >= 0.6 is 11.3 Å². The molecule has 0 amide bonds. The molecule has 0 saturated heterocycles. The van der Waals surface area contributed by atoms with Crippen LogP contribution in [-0.4, -0.2) is 22.7 Å². The second-order valence-electron chi connectivity index (χ2n) is 3.91. The number of hydrogen-bond donors (Lipinski definition) is 1. The number of nitrogen functional groups attached to an aromatic ring is 1. The highest BCUT2D eigenvalue weighted by molar-refractivity contribution is 7.91. The minimum atomic E-state index is -3.43. The van der Waals surface area contributed by atoms with E-state index in [9.17, 15) is 8.42 Å². The first-order valence-corrected chi connectivity index (χ1v) is 7.53. The molecule has 0 atom stereocenters. The predicted octanol–water partition coefficient (Wildman–Crippen LogP) is 0.825. The van der Waals surface area contributed by atoms with Crippen LogP contribution in [0, 0.1) is 0 Å². The van der Waals surface area contributed by atoms with Crippen LogP contribution in [0.4, 0.5) is 5.95 Å². The Labute approximate surface area is 108 Å². The highest BCUT2D eigenvalue weighted by Crippen LogP contribution is 2.29. The van der Waals surface area contributed by atoms with Crippen LogP contribution in [0.3, 0.4) is 0 Å². The lowest BCUT2D eigenvalue weighted by Gasteiger charge is -2.13. The van der Waals surface area contributed by atoms with Crippen molar-refractivity contribution in [1.29, 1.82) is 0 Å². The van der Waals surface area contributed by atoms with Crippen LogP contribution in [0.2, 0.25) is 0 Å². The first-order valence-electron chi connectivity index (χ1n) is 5.21. The van der Waals surface area contributed by atoms with Crippen LogP contribution in [0.25, 0.3) is 0 Å². The summed E-state index contributed by atoms with van der Waals surface area (Å²) in [5, 5.41) is 1.74. The van der Waals surface area contributed by atoms with Gasteiger partial charge in [-0.1, -0.05) is 6.07 Å². The molecule has 3 rings (SSSR count). The highest BCUT2D eigenvalue weighted by atomic mass is 32.2. The second-order valence-corrected chi connectivity index (χ2v) is 7.02. The Balaban J connectivity index is 1.95. The molecule has 1 aliphatic heterocycles. The molecule has 0 fully saturated rings. The summed E-state index contributed by atoms with van der Waals surface area (Å²) in [6, 6.07) is 3.32. The summed E-state index contributed by atoms with van der Waals surface area (Å²) in [5.74, 6) is 0.170. The molecule has 0 spiro atoms. The Hall–Kier alpha value is -1.51. The van der Waals surface area contributed by atoms with Crippen LogP contribution in [-0.2, 0) is 23.1 Å². The van der Waals surface area contributed by atoms with E-state index in [-0.39, 0.29) is 12.5 Å². The molecule has 0 unspecified atom stereocenters. The number of nitrogens with two attached hydrogens (primary N) is 1. The minimum absolute atomic E-state index is 0.170. The van der Waals surface area contributed by atoms with E-state index < -0.39 is 10.0 Å². The summed E-state index contributed by atoms with van der Waals surface area (Å²) >= 11 is 1.21. The van der Waals surface area contributed by atoms with Gasteiger partial charge in [-0.2, -0.15) is 4.31 Å². The number of anilines is 1. The van der Waals surface area contributed by atoms with Gasteiger partial charge in [0.05, 0.1) is 12.2 Å². The van der Waals surface area contributed by atoms with Crippen molar-refractivity contribution in [3.63, 3.8) is 0 Å². The van der Waals surface area contributed by atoms with Crippen LogP contribution in [0.5, 0.6) is 0 Å². The molecule has 8 heteroatoms. The zero-order chi connectivity index (χ0) is 12.8. The van der Waals surface area contributed by atoms with Crippen molar-refractivity contribution in [2.45, 2.75) is 17.3 Å². The third kappa shape index (κ3) is 1.78. The molecule has 0 saturated carbocycles. The predicted molar refractivity (Wildman–Crippen MR) is 67.2 cm³/mol. The van der Waals surface area contributed by atoms with Crippen molar-refractivity contribution >= 4 is 27.3 Å². The molecule has 1 aliphatic rings. The van der Waals surface area contributed by atoms with E-state index in [4.69, 9.17) is 5.73 Å². The molecule has 0 radical (unpaired) electrons. The van der Waals surface area contributed by atoms with Crippen LogP contribution < -0.4 is 5.73 Å². The summed E-state index contributed by atoms with van der Waals surface area (Å²) in [4.78, 5) is 7.94. The zero-order valence-corrected chi connectivity index (χ0v) is 10.9. The fourth-order valence-electron chi connectivity index (χ4n) is 1.85. The third-order valence-corrected chi connectivity index (χ3v) is 5.90. The Bertz CT molecular complexity index is 682.